The summed E-state index contributed by atoms with van der Waals surface area (Å²) in [5, 5.41) is 0. The lowest BCUT2D eigenvalue weighted by molar-refractivity contribution is -0.167. The molecule has 6 nitrogen and oxygen atoms in total. The van der Waals surface area contributed by atoms with Gasteiger partial charge in [-0.25, -0.2) is 0 Å². The summed E-state index contributed by atoms with van der Waals surface area (Å²) in [5.74, 6) is -0.879. The molecule has 0 amide bonds. The molecule has 0 bridgehead atoms. The number of allylic oxidation sites excluding steroid dienone is 10. The van der Waals surface area contributed by atoms with Gasteiger partial charge < -0.3 is 14.2 Å². The molecule has 0 aromatic heterocycles. The van der Waals surface area contributed by atoms with Crippen LogP contribution in [0.25, 0.3) is 0 Å². The van der Waals surface area contributed by atoms with Crippen molar-refractivity contribution in [1.82, 2.24) is 0 Å². The van der Waals surface area contributed by atoms with Crippen molar-refractivity contribution in [2.45, 2.75) is 399 Å². The largest absolute Gasteiger partial charge is 0.462 e. The maximum absolute atomic E-state index is 12.9. The van der Waals surface area contributed by atoms with E-state index in [9.17, 15) is 14.4 Å². The number of rotatable bonds is 68. The summed E-state index contributed by atoms with van der Waals surface area (Å²) in [7, 11) is 0. The summed E-state index contributed by atoms with van der Waals surface area (Å²) in [6, 6.07) is 0. The topological polar surface area (TPSA) is 78.9 Å². The van der Waals surface area contributed by atoms with Gasteiger partial charge in [0.25, 0.3) is 0 Å². The van der Waals surface area contributed by atoms with Gasteiger partial charge in [0, 0.05) is 19.3 Å². The van der Waals surface area contributed by atoms with Crippen LogP contribution in [0.1, 0.15) is 393 Å². The molecule has 0 saturated carbocycles. The molecule has 0 heterocycles. The Bertz CT molecular complexity index is 1470. The fourth-order valence-corrected chi connectivity index (χ4v) is 10.9. The Morgan fingerprint density at radius 3 is 0.723 bits per heavy atom. The molecular formula is C77H140O6. The number of esters is 3. The predicted molar refractivity (Wildman–Crippen MR) is 362 cm³/mol. The molecule has 0 radical (unpaired) electrons. The zero-order valence-corrected chi connectivity index (χ0v) is 55.7. The van der Waals surface area contributed by atoms with Crippen molar-refractivity contribution in [2.24, 2.45) is 0 Å². The minimum atomic E-state index is -0.785. The standard InChI is InChI=1S/C77H140O6/c1-4-7-10-13-16-19-22-25-28-30-32-33-34-35-36-37-38-39-40-41-42-43-44-45-46-48-49-52-55-58-61-64-67-70-76(79)82-73-74(72-81-75(78)69-66-63-60-57-54-51-27-24-21-18-15-12-9-6-3)83-77(80)71-68-65-62-59-56-53-50-47-31-29-26-23-20-17-14-11-8-5-2/h15,18,20,23-24,27,29-32,74H,4-14,16-17,19,21-22,25-26,28,33-73H2,1-3H3/b18-15-,23-20-,27-24-,31-29-,32-30-. The molecule has 484 valence electrons. The quantitative estimate of drug-likeness (QED) is 0.0261. The lowest BCUT2D eigenvalue weighted by Gasteiger charge is -2.18. The van der Waals surface area contributed by atoms with E-state index in [1.807, 2.05) is 0 Å². The Morgan fingerprint density at radius 2 is 0.446 bits per heavy atom. The van der Waals surface area contributed by atoms with Gasteiger partial charge in [-0.2, -0.15) is 0 Å². The highest BCUT2D eigenvalue weighted by atomic mass is 16.6. The van der Waals surface area contributed by atoms with Gasteiger partial charge in [0.15, 0.2) is 6.10 Å². The lowest BCUT2D eigenvalue weighted by Crippen LogP contribution is -2.30. The molecule has 0 aliphatic rings. The number of hydrogen-bond donors (Lipinski definition) is 0. The third kappa shape index (κ3) is 69.8. The molecule has 0 aromatic rings. The predicted octanol–water partition coefficient (Wildman–Crippen LogP) is 25.5. The van der Waals surface area contributed by atoms with E-state index in [1.54, 1.807) is 0 Å². The van der Waals surface area contributed by atoms with Crippen LogP contribution in [0.5, 0.6) is 0 Å². The van der Waals surface area contributed by atoms with Crippen LogP contribution in [0, 0.1) is 0 Å². The van der Waals surface area contributed by atoms with Crippen LogP contribution in [0.15, 0.2) is 60.8 Å². The van der Waals surface area contributed by atoms with Crippen LogP contribution in [0.4, 0.5) is 0 Å². The van der Waals surface area contributed by atoms with Crippen LogP contribution in [0.3, 0.4) is 0 Å². The lowest BCUT2D eigenvalue weighted by atomic mass is 10.0. The Kier molecular flexibility index (Phi) is 69.1. The average Bonchev–Trinajstić information content (AvgIpc) is 3.50. The highest BCUT2D eigenvalue weighted by molar-refractivity contribution is 5.71. The minimum Gasteiger partial charge on any atom is -0.462 e. The molecular weight excluding hydrogens is 1020 g/mol. The molecule has 0 saturated heterocycles. The molecule has 0 aliphatic carbocycles. The van der Waals surface area contributed by atoms with Crippen LogP contribution < -0.4 is 0 Å². The zero-order valence-electron chi connectivity index (χ0n) is 55.7. The van der Waals surface area contributed by atoms with E-state index >= 15 is 0 Å². The number of ether oxygens (including phenoxy) is 3. The van der Waals surface area contributed by atoms with Crippen molar-refractivity contribution < 1.29 is 28.6 Å². The summed E-state index contributed by atoms with van der Waals surface area (Å²) in [6.07, 6.45) is 92.7. The van der Waals surface area contributed by atoms with Crippen molar-refractivity contribution in [3.8, 4) is 0 Å². The van der Waals surface area contributed by atoms with Gasteiger partial charge in [0.2, 0.25) is 0 Å². The molecule has 0 spiro atoms. The van der Waals surface area contributed by atoms with E-state index in [4.69, 9.17) is 14.2 Å². The summed E-state index contributed by atoms with van der Waals surface area (Å²) in [6.45, 7) is 6.62. The normalized spacial score (nSPS) is 12.4. The molecule has 6 heteroatoms. The Labute approximate surface area is 517 Å². The van der Waals surface area contributed by atoms with E-state index in [0.717, 1.165) is 89.9 Å². The number of unbranched alkanes of at least 4 members (excludes halogenated alkanes) is 47. The van der Waals surface area contributed by atoms with E-state index in [1.165, 1.54) is 263 Å². The molecule has 0 rings (SSSR count). The van der Waals surface area contributed by atoms with Crippen molar-refractivity contribution in [3.05, 3.63) is 60.8 Å². The first-order chi connectivity index (χ1) is 41.0. The summed E-state index contributed by atoms with van der Waals surface area (Å²) in [4.78, 5) is 38.4. The minimum absolute atomic E-state index is 0.0786. The summed E-state index contributed by atoms with van der Waals surface area (Å²) in [5.41, 5.74) is 0. The smallest absolute Gasteiger partial charge is 0.306 e. The Balaban J connectivity index is 4.15. The summed E-state index contributed by atoms with van der Waals surface area (Å²) < 4.78 is 17.0. The molecule has 0 aliphatic heterocycles. The third-order valence-corrected chi connectivity index (χ3v) is 16.5. The third-order valence-electron chi connectivity index (χ3n) is 16.5. The molecule has 0 N–H and O–H groups in total. The van der Waals surface area contributed by atoms with Gasteiger partial charge in [0.1, 0.15) is 13.2 Å². The van der Waals surface area contributed by atoms with Gasteiger partial charge in [-0.1, -0.05) is 332 Å². The van der Waals surface area contributed by atoms with E-state index in [0.29, 0.717) is 19.3 Å². The maximum Gasteiger partial charge on any atom is 0.306 e. The van der Waals surface area contributed by atoms with Crippen LogP contribution in [-0.4, -0.2) is 37.2 Å². The van der Waals surface area contributed by atoms with Crippen LogP contribution in [-0.2, 0) is 28.6 Å². The van der Waals surface area contributed by atoms with E-state index < -0.39 is 6.10 Å². The number of hydrogen-bond acceptors (Lipinski definition) is 6. The molecule has 1 unspecified atom stereocenters. The van der Waals surface area contributed by atoms with Gasteiger partial charge in [-0.3, -0.25) is 14.4 Å². The highest BCUT2D eigenvalue weighted by Crippen LogP contribution is 2.18. The Hall–Kier alpha value is -2.89. The van der Waals surface area contributed by atoms with E-state index in [-0.39, 0.29) is 31.1 Å². The van der Waals surface area contributed by atoms with Crippen molar-refractivity contribution in [1.29, 1.82) is 0 Å². The molecule has 0 aromatic carbocycles. The van der Waals surface area contributed by atoms with Crippen molar-refractivity contribution >= 4 is 17.9 Å². The first-order valence-corrected chi connectivity index (χ1v) is 36.8. The van der Waals surface area contributed by atoms with Crippen molar-refractivity contribution in [2.75, 3.05) is 13.2 Å². The Morgan fingerprint density at radius 1 is 0.241 bits per heavy atom. The van der Waals surface area contributed by atoms with Gasteiger partial charge in [0.05, 0.1) is 0 Å². The SMILES string of the molecule is CCCC/C=C\C/C=C\CCCCCCCC(=O)OCC(COC(=O)CCCCCCCCCCCCCCCCCCCCCCC/C=C\CCCCCCCCCC)OC(=O)CCCCCCCCC/C=C\C/C=C\CCCCCC. The van der Waals surface area contributed by atoms with Gasteiger partial charge >= 0.3 is 17.9 Å². The average molecular weight is 1160 g/mol. The van der Waals surface area contributed by atoms with Gasteiger partial charge in [-0.05, 0) is 103 Å². The van der Waals surface area contributed by atoms with Crippen LogP contribution >= 0.6 is 0 Å². The second kappa shape index (κ2) is 71.6. The molecule has 0 fully saturated rings. The van der Waals surface area contributed by atoms with E-state index in [2.05, 4.69) is 81.5 Å². The first-order valence-electron chi connectivity index (χ1n) is 36.8. The fourth-order valence-electron chi connectivity index (χ4n) is 10.9. The second-order valence-electron chi connectivity index (χ2n) is 24.8. The maximum atomic E-state index is 12.9. The zero-order chi connectivity index (χ0) is 59.9. The second-order valence-corrected chi connectivity index (χ2v) is 24.8. The molecule has 1 atom stereocenters. The first kappa shape index (κ1) is 80.1. The van der Waals surface area contributed by atoms with Crippen LogP contribution in [0.2, 0.25) is 0 Å². The summed E-state index contributed by atoms with van der Waals surface area (Å²) >= 11 is 0. The van der Waals surface area contributed by atoms with Gasteiger partial charge in [-0.15, -0.1) is 0 Å². The fraction of sp³-hybridized carbons (Fsp3) is 0.831. The van der Waals surface area contributed by atoms with Crippen molar-refractivity contribution in [3.63, 3.8) is 0 Å². The molecule has 83 heavy (non-hydrogen) atoms. The highest BCUT2D eigenvalue weighted by Gasteiger charge is 2.19. The number of carbonyl (C=O) groups is 3. The number of carbonyl (C=O) groups excluding carboxylic acids is 3. The monoisotopic (exact) mass is 1160 g/mol.